The van der Waals surface area contributed by atoms with E-state index >= 15 is 0 Å². The third-order valence-electron chi connectivity index (χ3n) is 2.21. The fraction of sp³-hybridized carbons (Fsp3) is 0.636. The zero-order chi connectivity index (χ0) is 10.4. The van der Waals surface area contributed by atoms with Gasteiger partial charge in [-0.3, -0.25) is 0 Å². The van der Waals surface area contributed by atoms with Gasteiger partial charge in [0.2, 0.25) is 0 Å². The van der Waals surface area contributed by atoms with Crippen molar-refractivity contribution >= 4 is 5.82 Å². The second-order valence-corrected chi connectivity index (χ2v) is 3.23. The molecular weight excluding hydrogens is 174 g/mol. The molecule has 0 radical (unpaired) electrons. The van der Waals surface area contributed by atoms with Gasteiger partial charge in [0, 0.05) is 13.1 Å². The highest BCUT2D eigenvalue weighted by molar-refractivity contribution is 5.37. The first-order valence-electron chi connectivity index (χ1n) is 5.41. The van der Waals surface area contributed by atoms with Gasteiger partial charge in [0.05, 0.1) is 5.69 Å². The Morgan fingerprint density at radius 3 is 2.21 bits per heavy atom. The summed E-state index contributed by atoms with van der Waals surface area (Å²) in [6.07, 6.45) is 2.57. The van der Waals surface area contributed by atoms with Gasteiger partial charge in [-0.2, -0.15) is 5.10 Å². The summed E-state index contributed by atoms with van der Waals surface area (Å²) >= 11 is 0. The van der Waals surface area contributed by atoms with Crippen LogP contribution in [0.1, 0.15) is 32.4 Å². The lowest BCUT2D eigenvalue weighted by atomic mass is 10.4. The van der Waals surface area contributed by atoms with Crippen LogP contribution in [0.15, 0.2) is 12.1 Å². The Morgan fingerprint density at radius 1 is 1.07 bits per heavy atom. The molecule has 14 heavy (non-hydrogen) atoms. The molecule has 0 aliphatic carbocycles. The zero-order valence-electron chi connectivity index (χ0n) is 9.32. The van der Waals surface area contributed by atoms with Crippen LogP contribution in [0, 0.1) is 6.92 Å². The molecule has 0 unspecified atom stereocenters. The maximum absolute atomic E-state index is 4.14. The van der Waals surface area contributed by atoms with E-state index in [1.54, 1.807) is 0 Å². The number of anilines is 1. The second kappa shape index (κ2) is 5.58. The third-order valence-corrected chi connectivity index (χ3v) is 2.21. The van der Waals surface area contributed by atoms with Crippen molar-refractivity contribution in [3.63, 3.8) is 0 Å². The lowest BCUT2D eigenvalue weighted by Crippen LogP contribution is -2.19. The van der Waals surface area contributed by atoms with Gasteiger partial charge in [0.25, 0.3) is 0 Å². The van der Waals surface area contributed by atoms with E-state index in [0.29, 0.717) is 0 Å². The average molecular weight is 193 g/mol. The fourth-order valence-electron chi connectivity index (χ4n) is 1.51. The molecule has 1 aromatic heterocycles. The second-order valence-electron chi connectivity index (χ2n) is 3.23. The highest BCUT2D eigenvalue weighted by Gasteiger charge is 2.12. The minimum atomic E-state index is 0.984. The first-order valence-corrected chi connectivity index (χ1v) is 5.41. The number of aryl methyl sites for hydroxylation is 1. The lowest BCUT2D eigenvalue weighted by molar-refractivity contribution is 0.880. The monoisotopic (exact) mass is 193 g/mol. The Morgan fingerprint density at radius 2 is 1.71 bits per heavy atom. The van der Waals surface area contributed by atoms with Gasteiger partial charge in [-0.05, 0) is 31.9 Å². The molecule has 0 atom stereocenters. The summed E-state index contributed by atoms with van der Waals surface area (Å²) in [4.78, 5) is 2.28. The highest BCUT2D eigenvalue weighted by atomic mass is 15.3. The van der Waals surface area contributed by atoms with Gasteiger partial charge in [-0.1, -0.05) is 13.8 Å². The van der Waals surface area contributed by atoms with E-state index in [1.165, 1.54) is 12.8 Å². The normalized spacial score (nSPS) is 14.9. The summed E-state index contributed by atoms with van der Waals surface area (Å²) in [6, 6.07) is 4.06. The van der Waals surface area contributed by atoms with Gasteiger partial charge >= 0.3 is 0 Å². The molecule has 2 heterocycles. The summed E-state index contributed by atoms with van der Waals surface area (Å²) in [5, 5.41) is 8.17. The summed E-state index contributed by atoms with van der Waals surface area (Å²) in [7, 11) is 0. The predicted octanol–water partition coefficient (Wildman–Crippen LogP) is 2.41. The van der Waals surface area contributed by atoms with Gasteiger partial charge in [-0.25, -0.2) is 0 Å². The first-order chi connectivity index (χ1) is 6.86. The Bertz CT molecular complexity index is 250. The van der Waals surface area contributed by atoms with E-state index in [9.17, 15) is 0 Å². The van der Waals surface area contributed by atoms with E-state index in [1.807, 2.05) is 32.9 Å². The van der Waals surface area contributed by atoms with E-state index in [4.69, 9.17) is 0 Å². The molecule has 1 saturated heterocycles. The molecule has 1 aliphatic rings. The molecule has 3 heteroatoms. The molecule has 0 spiro atoms. The summed E-state index contributed by atoms with van der Waals surface area (Å²) in [6.45, 7) is 8.23. The summed E-state index contributed by atoms with van der Waals surface area (Å²) in [5.74, 6) is 1.03. The van der Waals surface area contributed by atoms with Crippen molar-refractivity contribution in [3.05, 3.63) is 17.8 Å². The van der Waals surface area contributed by atoms with Crippen LogP contribution in [-0.2, 0) is 0 Å². The van der Waals surface area contributed by atoms with Crippen LogP contribution in [0.3, 0.4) is 0 Å². The molecule has 1 fully saturated rings. The third kappa shape index (κ3) is 2.69. The molecule has 0 aromatic carbocycles. The van der Waals surface area contributed by atoms with Gasteiger partial charge in [-0.15, -0.1) is 5.10 Å². The molecule has 1 aliphatic heterocycles. The van der Waals surface area contributed by atoms with Crippen molar-refractivity contribution in [1.29, 1.82) is 0 Å². The molecule has 0 bridgehead atoms. The Balaban J connectivity index is 0.000000461. The van der Waals surface area contributed by atoms with Crippen molar-refractivity contribution in [1.82, 2.24) is 10.2 Å². The number of hydrogen-bond acceptors (Lipinski definition) is 3. The maximum atomic E-state index is 4.14. The van der Waals surface area contributed by atoms with Gasteiger partial charge < -0.3 is 4.90 Å². The minimum absolute atomic E-state index is 0.984. The van der Waals surface area contributed by atoms with E-state index in [2.05, 4.69) is 15.1 Å². The van der Waals surface area contributed by atoms with Crippen LogP contribution in [0.25, 0.3) is 0 Å². The summed E-state index contributed by atoms with van der Waals surface area (Å²) < 4.78 is 0. The van der Waals surface area contributed by atoms with Crippen molar-refractivity contribution < 1.29 is 0 Å². The molecular formula is C11H19N3. The fourth-order valence-corrected chi connectivity index (χ4v) is 1.51. The first kappa shape index (κ1) is 11.0. The van der Waals surface area contributed by atoms with Crippen LogP contribution in [0.4, 0.5) is 5.82 Å². The zero-order valence-corrected chi connectivity index (χ0v) is 9.32. The van der Waals surface area contributed by atoms with Crippen molar-refractivity contribution in [2.24, 2.45) is 0 Å². The number of aromatic nitrogens is 2. The molecule has 2 rings (SSSR count). The smallest absolute Gasteiger partial charge is 0.151 e. The Labute approximate surface area is 86.2 Å². The van der Waals surface area contributed by atoms with Crippen LogP contribution in [-0.4, -0.2) is 23.3 Å². The topological polar surface area (TPSA) is 29.0 Å². The van der Waals surface area contributed by atoms with Crippen molar-refractivity contribution in [3.8, 4) is 0 Å². The SMILES string of the molecule is CC.Cc1ccc(N2CCCC2)nn1. The van der Waals surface area contributed by atoms with Crippen molar-refractivity contribution in [2.45, 2.75) is 33.6 Å². The van der Waals surface area contributed by atoms with Crippen LogP contribution in [0.2, 0.25) is 0 Å². The average Bonchev–Trinajstić information content (AvgIpc) is 2.75. The Kier molecular flexibility index (Phi) is 4.36. The van der Waals surface area contributed by atoms with Crippen molar-refractivity contribution in [2.75, 3.05) is 18.0 Å². The van der Waals surface area contributed by atoms with E-state index < -0.39 is 0 Å². The number of hydrogen-bond donors (Lipinski definition) is 0. The molecule has 0 N–H and O–H groups in total. The lowest BCUT2D eigenvalue weighted by Gasteiger charge is -2.14. The minimum Gasteiger partial charge on any atom is -0.355 e. The molecule has 0 amide bonds. The molecule has 0 saturated carbocycles. The summed E-state index contributed by atoms with van der Waals surface area (Å²) in [5.41, 5.74) is 0.984. The number of rotatable bonds is 1. The van der Waals surface area contributed by atoms with E-state index in [0.717, 1.165) is 24.6 Å². The Hall–Kier alpha value is -1.12. The van der Waals surface area contributed by atoms with Gasteiger partial charge in [0.15, 0.2) is 5.82 Å². The van der Waals surface area contributed by atoms with E-state index in [-0.39, 0.29) is 0 Å². The van der Waals surface area contributed by atoms with Crippen LogP contribution in [0.5, 0.6) is 0 Å². The predicted molar refractivity (Wildman–Crippen MR) is 59.6 cm³/mol. The largest absolute Gasteiger partial charge is 0.355 e. The molecule has 78 valence electrons. The van der Waals surface area contributed by atoms with Crippen LogP contribution < -0.4 is 4.90 Å². The molecule has 3 nitrogen and oxygen atoms in total. The quantitative estimate of drug-likeness (QED) is 0.686. The highest BCUT2D eigenvalue weighted by Crippen LogP contribution is 2.15. The maximum Gasteiger partial charge on any atom is 0.151 e. The van der Waals surface area contributed by atoms with Gasteiger partial charge in [0.1, 0.15) is 0 Å². The standard InChI is InChI=1S/C9H13N3.C2H6/c1-8-4-5-9(11-10-8)12-6-2-3-7-12;1-2/h4-5H,2-3,6-7H2,1H3;1-2H3. The molecule has 1 aromatic rings. The number of nitrogens with zero attached hydrogens (tertiary/aromatic N) is 3. The van der Waals surface area contributed by atoms with Crippen LogP contribution >= 0.6 is 0 Å².